The normalized spacial score (nSPS) is 11.1. The molecule has 82 valence electrons. The molecule has 14 heavy (non-hydrogen) atoms. The van der Waals surface area contributed by atoms with Crippen LogP contribution in [-0.2, 0) is 4.79 Å². The van der Waals surface area contributed by atoms with Gasteiger partial charge in [-0.3, -0.25) is 4.79 Å². The molecular formula is C9H17NO4. The van der Waals surface area contributed by atoms with Gasteiger partial charge < -0.3 is 20.6 Å². The highest BCUT2D eigenvalue weighted by Crippen LogP contribution is 2.18. The summed E-state index contributed by atoms with van der Waals surface area (Å²) in [4.78, 5) is 10.7. The van der Waals surface area contributed by atoms with Crippen molar-refractivity contribution in [2.24, 2.45) is 5.41 Å². The fourth-order valence-electron chi connectivity index (χ4n) is 0.910. The molecule has 0 aromatic heterocycles. The van der Waals surface area contributed by atoms with Crippen LogP contribution in [0.1, 0.15) is 6.42 Å². The molecule has 0 aliphatic heterocycles. The first kappa shape index (κ1) is 13.1. The summed E-state index contributed by atoms with van der Waals surface area (Å²) in [7, 11) is 0. The van der Waals surface area contributed by atoms with E-state index in [1.54, 1.807) is 0 Å². The Kier molecular flexibility index (Phi) is 6.11. The summed E-state index contributed by atoms with van der Waals surface area (Å²) in [5, 5.41) is 29.3. The van der Waals surface area contributed by atoms with Crippen molar-refractivity contribution in [3.63, 3.8) is 0 Å². The second-order valence-electron chi connectivity index (χ2n) is 3.22. The first-order chi connectivity index (χ1) is 6.64. The predicted octanol–water partition coefficient (Wildman–Crippen LogP) is -1.36. The third-order valence-electron chi connectivity index (χ3n) is 2.15. The van der Waals surface area contributed by atoms with Crippen LogP contribution in [0.4, 0.5) is 0 Å². The van der Waals surface area contributed by atoms with Crippen molar-refractivity contribution in [3.8, 4) is 0 Å². The van der Waals surface area contributed by atoms with E-state index in [-0.39, 0.29) is 32.3 Å². The second kappa shape index (κ2) is 6.53. The number of rotatable bonds is 7. The molecule has 0 bridgehead atoms. The van der Waals surface area contributed by atoms with Gasteiger partial charge in [-0.05, 0) is 12.5 Å². The lowest BCUT2D eigenvalue weighted by atomic mass is 9.87. The highest BCUT2D eigenvalue weighted by molar-refractivity contribution is 5.86. The third-order valence-corrected chi connectivity index (χ3v) is 2.15. The standard InChI is InChI=1S/C9H17NO4/c1-2-8(14)10-4-3-9(5-11,6-12)7-13/h2,11-13H,1,3-7H2,(H,10,14). The molecule has 5 heteroatoms. The van der Waals surface area contributed by atoms with Gasteiger partial charge in [0.05, 0.1) is 19.8 Å². The Morgan fingerprint density at radius 2 is 1.79 bits per heavy atom. The maximum absolute atomic E-state index is 10.7. The lowest BCUT2D eigenvalue weighted by molar-refractivity contribution is -0.116. The number of hydrogen-bond donors (Lipinski definition) is 4. The molecule has 0 saturated heterocycles. The molecule has 5 nitrogen and oxygen atoms in total. The molecule has 1 amide bonds. The first-order valence-corrected chi connectivity index (χ1v) is 4.37. The molecule has 0 saturated carbocycles. The van der Waals surface area contributed by atoms with Gasteiger partial charge in [-0.25, -0.2) is 0 Å². The van der Waals surface area contributed by atoms with Crippen molar-refractivity contribution >= 4 is 5.91 Å². The quantitative estimate of drug-likeness (QED) is 0.385. The molecule has 0 aromatic rings. The van der Waals surface area contributed by atoms with Crippen molar-refractivity contribution in [3.05, 3.63) is 12.7 Å². The minimum Gasteiger partial charge on any atom is -0.396 e. The van der Waals surface area contributed by atoms with Gasteiger partial charge in [-0.2, -0.15) is 0 Å². The Morgan fingerprint density at radius 1 is 1.29 bits per heavy atom. The smallest absolute Gasteiger partial charge is 0.243 e. The second-order valence-corrected chi connectivity index (χ2v) is 3.22. The van der Waals surface area contributed by atoms with Crippen LogP contribution < -0.4 is 5.32 Å². The van der Waals surface area contributed by atoms with E-state index in [0.29, 0.717) is 6.42 Å². The van der Waals surface area contributed by atoms with Gasteiger partial charge in [0, 0.05) is 12.0 Å². The summed E-state index contributed by atoms with van der Waals surface area (Å²) in [6.45, 7) is 2.61. The molecule has 0 aliphatic rings. The molecule has 4 N–H and O–H groups in total. The number of carbonyl (C=O) groups excluding carboxylic acids is 1. The van der Waals surface area contributed by atoms with E-state index in [0.717, 1.165) is 6.08 Å². The fraction of sp³-hybridized carbons (Fsp3) is 0.667. The number of aliphatic hydroxyl groups excluding tert-OH is 3. The summed E-state index contributed by atoms with van der Waals surface area (Å²) in [6.07, 6.45) is 1.45. The lowest BCUT2D eigenvalue weighted by Crippen LogP contribution is -2.38. The molecule has 0 spiro atoms. The molecule has 0 rings (SSSR count). The largest absolute Gasteiger partial charge is 0.396 e. The maximum Gasteiger partial charge on any atom is 0.243 e. The highest BCUT2D eigenvalue weighted by Gasteiger charge is 2.27. The lowest BCUT2D eigenvalue weighted by Gasteiger charge is -2.27. The van der Waals surface area contributed by atoms with Crippen molar-refractivity contribution in [2.75, 3.05) is 26.4 Å². The maximum atomic E-state index is 10.7. The van der Waals surface area contributed by atoms with E-state index >= 15 is 0 Å². The van der Waals surface area contributed by atoms with Crippen LogP contribution in [0.2, 0.25) is 0 Å². The van der Waals surface area contributed by atoms with E-state index in [2.05, 4.69) is 11.9 Å². The van der Waals surface area contributed by atoms with E-state index in [9.17, 15) is 4.79 Å². The van der Waals surface area contributed by atoms with Crippen LogP contribution in [0.25, 0.3) is 0 Å². The van der Waals surface area contributed by atoms with E-state index in [1.807, 2.05) is 0 Å². The first-order valence-electron chi connectivity index (χ1n) is 4.37. The van der Waals surface area contributed by atoms with Crippen LogP contribution in [0.5, 0.6) is 0 Å². The van der Waals surface area contributed by atoms with Gasteiger partial charge in [0.15, 0.2) is 0 Å². The minimum atomic E-state index is -0.922. The van der Waals surface area contributed by atoms with Crippen molar-refractivity contribution in [2.45, 2.75) is 6.42 Å². The highest BCUT2D eigenvalue weighted by atomic mass is 16.3. The Labute approximate surface area is 83.1 Å². The summed E-state index contributed by atoms with van der Waals surface area (Å²) in [5.41, 5.74) is -0.922. The molecule has 0 unspecified atom stereocenters. The van der Waals surface area contributed by atoms with Gasteiger partial charge in [0.1, 0.15) is 0 Å². The van der Waals surface area contributed by atoms with Crippen LogP contribution in [0.3, 0.4) is 0 Å². The van der Waals surface area contributed by atoms with E-state index in [1.165, 1.54) is 0 Å². The average Bonchev–Trinajstić information content (AvgIpc) is 2.25. The van der Waals surface area contributed by atoms with Gasteiger partial charge in [-0.15, -0.1) is 0 Å². The Hall–Kier alpha value is -0.910. The molecule has 0 aliphatic carbocycles. The Bertz CT molecular complexity index is 181. The number of carbonyl (C=O) groups is 1. The van der Waals surface area contributed by atoms with E-state index < -0.39 is 5.41 Å². The van der Waals surface area contributed by atoms with Crippen LogP contribution in [0, 0.1) is 5.41 Å². The summed E-state index contributed by atoms with van der Waals surface area (Å²) >= 11 is 0. The Morgan fingerprint density at radius 3 is 2.14 bits per heavy atom. The van der Waals surface area contributed by atoms with Gasteiger partial charge in [0.2, 0.25) is 5.91 Å². The van der Waals surface area contributed by atoms with Crippen molar-refractivity contribution in [1.82, 2.24) is 5.32 Å². The molecule has 0 atom stereocenters. The Balaban J connectivity index is 3.94. The predicted molar refractivity (Wildman–Crippen MR) is 51.5 cm³/mol. The number of nitrogens with one attached hydrogen (secondary N) is 1. The monoisotopic (exact) mass is 203 g/mol. The summed E-state index contributed by atoms with van der Waals surface area (Å²) in [5.74, 6) is -0.312. The zero-order valence-electron chi connectivity index (χ0n) is 8.07. The van der Waals surface area contributed by atoms with Gasteiger partial charge in [-0.1, -0.05) is 6.58 Å². The zero-order chi connectivity index (χ0) is 11.0. The molecule has 0 fully saturated rings. The summed E-state index contributed by atoms with van der Waals surface area (Å²) < 4.78 is 0. The SMILES string of the molecule is C=CC(=O)NCCC(CO)(CO)CO. The number of aliphatic hydroxyl groups is 3. The zero-order valence-corrected chi connectivity index (χ0v) is 8.07. The van der Waals surface area contributed by atoms with Crippen molar-refractivity contribution in [1.29, 1.82) is 0 Å². The van der Waals surface area contributed by atoms with Crippen LogP contribution in [0.15, 0.2) is 12.7 Å². The molecular weight excluding hydrogens is 186 g/mol. The molecule has 0 radical (unpaired) electrons. The number of amides is 1. The van der Waals surface area contributed by atoms with Gasteiger partial charge in [0.25, 0.3) is 0 Å². The molecule has 0 heterocycles. The van der Waals surface area contributed by atoms with Crippen LogP contribution >= 0.6 is 0 Å². The fourth-order valence-corrected chi connectivity index (χ4v) is 0.910. The summed E-state index contributed by atoms with van der Waals surface area (Å²) in [6, 6.07) is 0. The van der Waals surface area contributed by atoms with Crippen LogP contribution in [-0.4, -0.2) is 47.6 Å². The van der Waals surface area contributed by atoms with Gasteiger partial charge >= 0.3 is 0 Å². The average molecular weight is 203 g/mol. The minimum absolute atomic E-state index is 0.284. The van der Waals surface area contributed by atoms with E-state index in [4.69, 9.17) is 15.3 Å². The third kappa shape index (κ3) is 3.87. The van der Waals surface area contributed by atoms with Crippen molar-refractivity contribution < 1.29 is 20.1 Å². The topological polar surface area (TPSA) is 89.8 Å². The number of hydrogen-bond acceptors (Lipinski definition) is 4. The molecule has 0 aromatic carbocycles.